The highest BCUT2D eigenvalue weighted by Crippen LogP contribution is 2.38. The van der Waals surface area contributed by atoms with E-state index in [0.29, 0.717) is 24.5 Å². The van der Waals surface area contributed by atoms with E-state index in [2.05, 4.69) is 28.2 Å². The van der Waals surface area contributed by atoms with Gasteiger partial charge in [-0.05, 0) is 41.5 Å². The molecule has 1 amide bonds. The van der Waals surface area contributed by atoms with Crippen molar-refractivity contribution in [1.29, 1.82) is 0 Å². The van der Waals surface area contributed by atoms with E-state index < -0.39 is 0 Å². The van der Waals surface area contributed by atoms with E-state index in [4.69, 9.17) is 13.9 Å². The fraction of sp³-hybridized carbons (Fsp3) is 0.240. The molecule has 2 heterocycles. The number of hydrogen-bond donors (Lipinski definition) is 1. The van der Waals surface area contributed by atoms with Gasteiger partial charge in [-0.1, -0.05) is 24.3 Å². The first-order valence-corrected chi connectivity index (χ1v) is 10.2. The normalized spacial score (nSPS) is 12.0. The fourth-order valence-electron chi connectivity index (χ4n) is 3.98. The first-order valence-electron chi connectivity index (χ1n) is 10.2. The Hall–Kier alpha value is -3.67. The number of hydrogen-bond acceptors (Lipinski definition) is 4. The van der Waals surface area contributed by atoms with Crippen LogP contribution >= 0.6 is 0 Å². The number of methoxy groups -OCH3 is 2. The minimum absolute atomic E-state index is 0.0517. The van der Waals surface area contributed by atoms with Crippen molar-refractivity contribution in [1.82, 2.24) is 9.88 Å². The summed E-state index contributed by atoms with van der Waals surface area (Å²) in [5.41, 5.74) is 3.21. The lowest BCUT2D eigenvalue weighted by Gasteiger charge is -2.19. The molecule has 0 aliphatic carbocycles. The summed E-state index contributed by atoms with van der Waals surface area (Å²) in [6.45, 7) is 0.361. The van der Waals surface area contributed by atoms with Gasteiger partial charge in [-0.2, -0.15) is 0 Å². The van der Waals surface area contributed by atoms with Crippen molar-refractivity contribution in [3.8, 4) is 11.5 Å². The zero-order valence-electron chi connectivity index (χ0n) is 17.9. The Labute approximate surface area is 181 Å². The molecule has 6 heteroatoms. The number of ether oxygens (including phenoxy) is 2. The number of furan rings is 1. The number of aryl methyl sites for hydroxylation is 1. The lowest BCUT2D eigenvalue weighted by Crippen LogP contribution is -2.24. The fourth-order valence-corrected chi connectivity index (χ4v) is 3.98. The molecule has 0 fully saturated rings. The summed E-state index contributed by atoms with van der Waals surface area (Å²) in [6, 6.07) is 17.7. The zero-order chi connectivity index (χ0) is 21.8. The number of amides is 1. The lowest BCUT2D eigenvalue weighted by molar-refractivity contribution is -0.121. The largest absolute Gasteiger partial charge is 0.493 e. The van der Waals surface area contributed by atoms with Crippen LogP contribution in [0.3, 0.4) is 0 Å². The summed E-state index contributed by atoms with van der Waals surface area (Å²) in [5.74, 6) is 1.82. The van der Waals surface area contributed by atoms with Crippen LogP contribution in [0.15, 0.2) is 71.5 Å². The molecule has 1 unspecified atom stereocenters. The van der Waals surface area contributed by atoms with Gasteiger partial charge in [-0.15, -0.1) is 0 Å². The minimum atomic E-state index is -0.150. The van der Waals surface area contributed by atoms with Gasteiger partial charge in [0.15, 0.2) is 11.5 Å². The van der Waals surface area contributed by atoms with E-state index in [1.165, 1.54) is 0 Å². The van der Waals surface area contributed by atoms with Gasteiger partial charge in [0.25, 0.3) is 0 Å². The summed E-state index contributed by atoms with van der Waals surface area (Å²) >= 11 is 0. The SMILES string of the molecule is COc1ccc(C(CC(=O)NCc2ccco2)c2cn(C)c3ccccc23)cc1OC. The van der Waals surface area contributed by atoms with E-state index in [9.17, 15) is 4.79 Å². The Bertz CT molecular complexity index is 1180. The Kier molecular flexibility index (Phi) is 5.98. The predicted octanol–water partition coefficient (Wildman–Crippen LogP) is 4.63. The summed E-state index contributed by atoms with van der Waals surface area (Å²) in [5, 5.41) is 4.09. The number of nitrogens with zero attached hydrogens (tertiary/aromatic N) is 1. The number of aromatic nitrogens is 1. The van der Waals surface area contributed by atoms with Crippen LogP contribution in [-0.2, 0) is 18.4 Å². The van der Waals surface area contributed by atoms with Crippen molar-refractivity contribution >= 4 is 16.8 Å². The maximum Gasteiger partial charge on any atom is 0.221 e. The molecule has 0 aliphatic rings. The van der Waals surface area contributed by atoms with Crippen LogP contribution in [0.25, 0.3) is 10.9 Å². The third-order valence-corrected chi connectivity index (χ3v) is 5.54. The van der Waals surface area contributed by atoms with Crippen LogP contribution in [-0.4, -0.2) is 24.7 Å². The highest BCUT2D eigenvalue weighted by Gasteiger charge is 2.23. The van der Waals surface area contributed by atoms with E-state index >= 15 is 0 Å². The number of rotatable bonds is 8. The predicted molar refractivity (Wildman–Crippen MR) is 119 cm³/mol. The van der Waals surface area contributed by atoms with Gasteiger partial charge in [0.2, 0.25) is 5.91 Å². The molecule has 160 valence electrons. The van der Waals surface area contributed by atoms with Crippen LogP contribution in [0.5, 0.6) is 11.5 Å². The molecular weight excluding hydrogens is 392 g/mol. The Morgan fingerprint density at radius 1 is 1.06 bits per heavy atom. The Morgan fingerprint density at radius 3 is 2.61 bits per heavy atom. The molecule has 0 bridgehead atoms. The topological polar surface area (TPSA) is 65.6 Å². The van der Waals surface area contributed by atoms with Gasteiger partial charge >= 0.3 is 0 Å². The summed E-state index contributed by atoms with van der Waals surface area (Å²) in [7, 11) is 5.25. The molecule has 0 saturated heterocycles. The van der Waals surface area contributed by atoms with Gasteiger partial charge in [-0.25, -0.2) is 0 Å². The second-order valence-electron chi connectivity index (χ2n) is 7.44. The molecule has 6 nitrogen and oxygen atoms in total. The molecule has 0 aliphatic heterocycles. The number of carbonyl (C=O) groups excluding carboxylic acids is 1. The quantitative estimate of drug-likeness (QED) is 0.453. The minimum Gasteiger partial charge on any atom is -0.493 e. The number of fused-ring (bicyclic) bond motifs is 1. The number of nitrogens with one attached hydrogen (secondary N) is 1. The molecular formula is C25H26N2O4. The molecule has 2 aromatic carbocycles. The molecule has 0 radical (unpaired) electrons. The van der Waals surface area contributed by atoms with Crippen molar-refractivity contribution in [3.63, 3.8) is 0 Å². The van der Waals surface area contributed by atoms with Crippen molar-refractivity contribution < 1.29 is 18.7 Å². The average molecular weight is 418 g/mol. The van der Waals surface area contributed by atoms with E-state index in [1.54, 1.807) is 20.5 Å². The van der Waals surface area contributed by atoms with Gasteiger partial charge in [0.1, 0.15) is 5.76 Å². The van der Waals surface area contributed by atoms with E-state index in [1.807, 2.05) is 49.5 Å². The highest BCUT2D eigenvalue weighted by atomic mass is 16.5. The van der Waals surface area contributed by atoms with Crippen molar-refractivity contribution in [3.05, 3.63) is 83.9 Å². The number of para-hydroxylation sites is 1. The molecule has 1 atom stereocenters. The maximum absolute atomic E-state index is 12.9. The second-order valence-corrected chi connectivity index (χ2v) is 7.44. The smallest absolute Gasteiger partial charge is 0.221 e. The molecule has 4 aromatic rings. The first kappa shape index (κ1) is 20.6. The molecule has 1 N–H and O–H groups in total. The van der Waals surface area contributed by atoms with Crippen molar-refractivity contribution in [2.75, 3.05) is 14.2 Å². The molecule has 0 saturated carbocycles. The summed E-state index contributed by atoms with van der Waals surface area (Å²) < 4.78 is 18.3. The summed E-state index contributed by atoms with van der Waals surface area (Å²) in [4.78, 5) is 12.9. The van der Waals surface area contributed by atoms with Crippen LogP contribution in [0.4, 0.5) is 0 Å². The Balaban J connectivity index is 1.70. The second kappa shape index (κ2) is 9.00. The van der Waals surface area contributed by atoms with Crippen molar-refractivity contribution in [2.45, 2.75) is 18.9 Å². The molecule has 4 rings (SSSR count). The molecule has 2 aromatic heterocycles. The number of carbonyl (C=O) groups is 1. The third kappa shape index (κ3) is 4.28. The number of benzene rings is 2. The first-order chi connectivity index (χ1) is 15.1. The van der Waals surface area contributed by atoms with Gasteiger partial charge in [-0.3, -0.25) is 4.79 Å². The summed E-state index contributed by atoms with van der Waals surface area (Å²) in [6.07, 6.45) is 4.00. The zero-order valence-corrected chi connectivity index (χ0v) is 17.9. The van der Waals surface area contributed by atoms with Gasteiger partial charge < -0.3 is 23.8 Å². The van der Waals surface area contributed by atoms with Crippen LogP contribution in [0, 0.1) is 0 Å². The van der Waals surface area contributed by atoms with Crippen LogP contribution in [0.2, 0.25) is 0 Å². The van der Waals surface area contributed by atoms with Crippen LogP contribution < -0.4 is 14.8 Å². The third-order valence-electron chi connectivity index (χ3n) is 5.54. The maximum atomic E-state index is 12.9. The average Bonchev–Trinajstić information content (AvgIpc) is 3.44. The van der Waals surface area contributed by atoms with Gasteiger partial charge in [0, 0.05) is 36.5 Å². The van der Waals surface area contributed by atoms with Gasteiger partial charge in [0.05, 0.1) is 27.0 Å². The Morgan fingerprint density at radius 2 is 1.87 bits per heavy atom. The standard InChI is InChI=1S/C25H26N2O4/c1-27-16-21(19-8-4-5-9-22(19)27)20(14-25(28)26-15-18-7-6-12-31-18)17-10-11-23(29-2)24(13-17)30-3/h4-13,16,20H,14-15H2,1-3H3,(H,26,28). The lowest BCUT2D eigenvalue weighted by atomic mass is 9.87. The molecule has 31 heavy (non-hydrogen) atoms. The van der Waals surface area contributed by atoms with Crippen LogP contribution in [0.1, 0.15) is 29.2 Å². The highest BCUT2D eigenvalue weighted by molar-refractivity contribution is 5.86. The van der Waals surface area contributed by atoms with E-state index in [-0.39, 0.29) is 11.8 Å². The monoisotopic (exact) mass is 418 g/mol. The van der Waals surface area contributed by atoms with E-state index in [0.717, 1.165) is 27.8 Å². The molecule has 0 spiro atoms. The van der Waals surface area contributed by atoms with Crippen molar-refractivity contribution in [2.24, 2.45) is 7.05 Å².